The number of nitriles is 1. The van der Waals surface area contributed by atoms with E-state index in [1.54, 1.807) is 6.21 Å². The molecule has 2 rings (SSSR count). The Morgan fingerprint density at radius 2 is 2.00 bits per heavy atom. The summed E-state index contributed by atoms with van der Waals surface area (Å²) in [6.07, 6.45) is 1.58. The molecule has 1 heterocycles. The summed E-state index contributed by atoms with van der Waals surface area (Å²) < 4.78 is 1.30. The number of benzene rings is 1. The number of anilines is 2. The second kappa shape index (κ2) is 5.29. The quantitative estimate of drug-likeness (QED) is 0.635. The maximum absolute atomic E-state index is 8.82. The lowest BCUT2D eigenvalue weighted by Gasteiger charge is -2.07. The molecule has 19 heavy (non-hydrogen) atoms. The fourth-order valence-electron chi connectivity index (χ4n) is 1.40. The molecule has 0 atom stereocenters. The molecule has 0 radical (unpaired) electrons. The monoisotopic (exact) mass is 270 g/mol. The Kier molecular flexibility index (Phi) is 3.54. The molecule has 1 aromatic heterocycles. The van der Waals surface area contributed by atoms with Gasteiger partial charge in [-0.3, -0.25) is 0 Å². The first-order chi connectivity index (χ1) is 9.13. The van der Waals surface area contributed by atoms with Crippen LogP contribution >= 0.6 is 12.2 Å². The highest BCUT2D eigenvalue weighted by Crippen LogP contribution is 2.17. The van der Waals surface area contributed by atoms with Crippen LogP contribution in [-0.4, -0.2) is 15.9 Å². The SMILES string of the molecule is N#Cc1nc(=S)n(/N=C/c2ccccc2)c(N)c1N. The van der Waals surface area contributed by atoms with Gasteiger partial charge in [-0.1, -0.05) is 30.3 Å². The van der Waals surface area contributed by atoms with Gasteiger partial charge in [-0.2, -0.15) is 15.0 Å². The van der Waals surface area contributed by atoms with Gasteiger partial charge >= 0.3 is 0 Å². The maximum atomic E-state index is 8.82. The number of hydrogen-bond donors (Lipinski definition) is 2. The summed E-state index contributed by atoms with van der Waals surface area (Å²) in [7, 11) is 0. The van der Waals surface area contributed by atoms with Crippen LogP contribution < -0.4 is 11.5 Å². The minimum Gasteiger partial charge on any atom is -0.393 e. The predicted molar refractivity (Wildman–Crippen MR) is 76.0 cm³/mol. The molecule has 0 saturated carbocycles. The smallest absolute Gasteiger partial charge is 0.223 e. The Labute approximate surface area is 114 Å². The standard InChI is InChI=1S/C12H10N6S/c13-6-9-10(14)11(15)18(12(19)17-9)16-7-8-4-2-1-3-5-8/h1-5,7H,14-15H2/b16-7+. The number of rotatable bonds is 2. The van der Waals surface area contributed by atoms with Gasteiger partial charge in [0.05, 0.1) is 6.21 Å². The van der Waals surface area contributed by atoms with Crippen LogP contribution in [0.1, 0.15) is 11.3 Å². The van der Waals surface area contributed by atoms with Crippen molar-refractivity contribution in [1.29, 1.82) is 5.26 Å². The van der Waals surface area contributed by atoms with E-state index in [-0.39, 0.29) is 22.0 Å². The van der Waals surface area contributed by atoms with Crippen LogP contribution in [0.15, 0.2) is 35.4 Å². The van der Waals surface area contributed by atoms with Crippen LogP contribution in [0.3, 0.4) is 0 Å². The molecule has 2 aromatic rings. The van der Waals surface area contributed by atoms with E-state index in [0.29, 0.717) is 0 Å². The second-order valence-corrected chi connectivity index (χ2v) is 3.99. The molecule has 0 aliphatic carbocycles. The van der Waals surface area contributed by atoms with Crippen molar-refractivity contribution >= 4 is 29.9 Å². The van der Waals surface area contributed by atoms with Gasteiger partial charge in [0.2, 0.25) is 4.77 Å². The molecule has 4 N–H and O–H groups in total. The summed E-state index contributed by atoms with van der Waals surface area (Å²) in [6.45, 7) is 0. The third kappa shape index (κ3) is 2.59. The summed E-state index contributed by atoms with van der Waals surface area (Å²) in [6, 6.07) is 11.3. The fourth-order valence-corrected chi connectivity index (χ4v) is 1.64. The van der Waals surface area contributed by atoms with Gasteiger partial charge in [0.25, 0.3) is 0 Å². The van der Waals surface area contributed by atoms with Gasteiger partial charge in [0.15, 0.2) is 11.5 Å². The average molecular weight is 270 g/mol. The number of aromatic nitrogens is 2. The van der Waals surface area contributed by atoms with Crippen molar-refractivity contribution in [2.45, 2.75) is 0 Å². The Hall–Kier alpha value is -2.72. The van der Waals surface area contributed by atoms with E-state index in [1.807, 2.05) is 36.4 Å². The molecule has 0 aliphatic rings. The van der Waals surface area contributed by atoms with Crippen LogP contribution in [0.25, 0.3) is 0 Å². The van der Waals surface area contributed by atoms with Gasteiger partial charge < -0.3 is 11.5 Å². The first-order valence-corrected chi connectivity index (χ1v) is 5.72. The fraction of sp³-hybridized carbons (Fsp3) is 0. The first kappa shape index (κ1) is 12.7. The summed E-state index contributed by atoms with van der Waals surface area (Å²) in [5.74, 6) is 0.101. The molecule has 6 nitrogen and oxygen atoms in total. The lowest BCUT2D eigenvalue weighted by atomic mass is 10.2. The maximum Gasteiger partial charge on any atom is 0.223 e. The highest BCUT2D eigenvalue weighted by atomic mass is 32.1. The van der Waals surface area contributed by atoms with Crippen molar-refractivity contribution in [3.63, 3.8) is 0 Å². The summed E-state index contributed by atoms with van der Waals surface area (Å²) in [5, 5.41) is 12.9. The molecule has 0 unspecified atom stereocenters. The van der Waals surface area contributed by atoms with Gasteiger partial charge in [-0.25, -0.2) is 4.98 Å². The molecule has 0 fully saturated rings. The summed E-state index contributed by atoms with van der Waals surface area (Å²) in [4.78, 5) is 3.86. The average Bonchev–Trinajstić information content (AvgIpc) is 2.44. The second-order valence-electron chi connectivity index (χ2n) is 3.62. The van der Waals surface area contributed by atoms with Crippen LogP contribution in [0, 0.1) is 16.1 Å². The van der Waals surface area contributed by atoms with E-state index in [9.17, 15) is 0 Å². The molecule has 0 bridgehead atoms. The van der Waals surface area contributed by atoms with Crippen molar-refractivity contribution in [1.82, 2.24) is 9.66 Å². The van der Waals surface area contributed by atoms with Gasteiger partial charge in [0, 0.05) is 0 Å². The third-order valence-corrected chi connectivity index (χ3v) is 2.64. The lowest BCUT2D eigenvalue weighted by Crippen LogP contribution is -2.10. The number of nitrogens with zero attached hydrogens (tertiary/aromatic N) is 4. The minimum absolute atomic E-state index is 0.00802. The van der Waals surface area contributed by atoms with E-state index in [4.69, 9.17) is 28.9 Å². The summed E-state index contributed by atoms with van der Waals surface area (Å²) >= 11 is 5.02. The Balaban J connectivity index is 2.48. The van der Waals surface area contributed by atoms with E-state index in [1.165, 1.54) is 4.68 Å². The van der Waals surface area contributed by atoms with Crippen molar-refractivity contribution in [3.8, 4) is 6.07 Å². The zero-order valence-corrected chi connectivity index (χ0v) is 10.6. The van der Waals surface area contributed by atoms with E-state index < -0.39 is 0 Å². The van der Waals surface area contributed by atoms with Gasteiger partial charge in [-0.05, 0) is 17.8 Å². The van der Waals surface area contributed by atoms with Crippen molar-refractivity contribution in [2.75, 3.05) is 11.5 Å². The highest BCUT2D eigenvalue weighted by Gasteiger charge is 2.09. The van der Waals surface area contributed by atoms with Crippen molar-refractivity contribution in [3.05, 3.63) is 46.4 Å². The zero-order chi connectivity index (χ0) is 13.8. The zero-order valence-electron chi connectivity index (χ0n) is 9.82. The predicted octanol–water partition coefficient (Wildman–Crippen LogP) is 1.53. The van der Waals surface area contributed by atoms with E-state index in [0.717, 1.165) is 5.56 Å². The molecule has 0 amide bonds. The molecule has 94 valence electrons. The topological polar surface area (TPSA) is 106 Å². The molecule has 1 aromatic carbocycles. The Morgan fingerprint density at radius 3 is 2.63 bits per heavy atom. The third-order valence-electron chi connectivity index (χ3n) is 2.38. The summed E-state index contributed by atoms with van der Waals surface area (Å²) in [5.41, 5.74) is 12.4. The number of nitrogen functional groups attached to an aromatic ring is 2. The van der Waals surface area contributed by atoms with Crippen LogP contribution in [0.2, 0.25) is 0 Å². The van der Waals surface area contributed by atoms with Crippen molar-refractivity contribution in [2.24, 2.45) is 5.10 Å². The lowest BCUT2D eigenvalue weighted by molar-refractivity contribution is 0.831. The van der Waals surface area contributed by atoms with Crippen LogP contribution in [0.5, 0.6) is 0 Å². The Bertz CT molecular complexity index is 726. The Morgan fingerprint density at radius 1 is 1.32 bits per heavy atom. The number of nitrogens with two attached hydrogens (primary N) is 2. The van der Waals surface area contributed by atoms with Crippen LogP contribution in [0.4, 0.5) is 11.5 Å². The van der Waals surface area contributed by atoms with Crippen molar-refractivity contribution < 1.29 is 0 Å². The molecule has 0 saturated heterocycles. The highest BCUT2D eigenvalue weighted by molar-refractivity contribution is 7.71. The molecule has 0 aliphatic heterocycles. The number of hydrogen-bond acceptors (Lipinski definition) is 6. The molecular formula is C12H10N6S. The van der Waals surface area contributed by atoms with Crippen LogP contribution in [-0.2, 0) is 0 Å². The molecule has 7 heteroatoms. The minimum atomic E-state index is 0.00802. The molecular weight excluding hydrogens is 260 g/mol. The van der Waals surface area contributed by atoms with E-state index in [2.05, 4.69) is 10.1 Å². The first-order valence-electron chi connectivity index (χ1n) is 5.31. The van der Waals surface area contributed by atoms with E-state index >= 15 is 0 Å². The molecule has 0 spiro atoms. The normalized spacial score (nSPS) is 10.5. The van der Waals surface area contributed by atoms with Gasteiger partial charge in [-0.15, -0.1) is 0 Å². The van der Waals surface area contributed by atoms with Gasteiger partial charge in [0.1, 0.15) is 11.8 Å². The largest absolute Gasteiger partial charge is 0.393 e.